The number of fused-ring (bicyclic) bond motifs is 2. The number of rotatable bonds is 6. The van der Waals surface area contributed by atoms with Gasteiger partial charge in [0.1, 0.15) is 0 Å². The maximum atomic E-state index is 13.8. The molecule has 0 aromatic carbocycles. The second-order valence-electron chi connectivity index (χ2n) is 28.7. The number of carbonyl (C=O) groups excluding carboxylic acids is 2. The Kier molecular flexibility index (Phi) is 17.3. The normalized spacial score (nSPS) is 47.3. The lowest BCUT2D eigenvalue weighted by Gasteiger charge is -2.63. The first-order chi connectivity index (χ1) is 34.8. The van der Waals surface area contributed by atoms with Crippen LogP contribution in [-0.2, 0) is 29.8 Å². The highest BCUT2D eigenvalue weighted by Gasteiger charge is 2.65. The summed E-state index contributed by atoms with van der Waals surface area (Å²) in [6.07, 6.45) is 25.9. The molecule has 13 rings (SSSR count). The topological polar surface area (TPSA) is 190 Å². The van der Waals surface area contributed by atoms with E-state index in [-0.39, 0.29) is 78.0 Å². The molecule has 5 aliphatic heterocycles. The first-order valence-electron chi connectivity index (χ1n) is 30.7. The molecule has 0 aromatic heterocycles. The molecule has 12 nitrogen and oxygen atoms in total. The van der Waals surface area contributed by atoms with Crippen LogP contribution in [-0.4, -0.2) is 108 Å². The molecule has 0 radical (unpaired) electrons. The summed E-state index contributed by atoms with van der Waals surface area (Å²) in [5, 5.41) is 24.5. The third-order valence-electron chi connectivity index (χ3n) is 25.2. The first-order valence-corrected chi connectivity index (χ1v) is 33.9. The molecule has 74 heavy (non-hydrogen) atoms. The molecule has 424 valence electrons. The molecule has 8 saturated carbocycles. The van der Waals surface area contributed by atoms with E-state index in [0.717, 1.165) is 63.2 Å². The van der Waals surface area contributed by atoms with Crippen molar-refractivity contribution in [3.05, 3.63) is 0 Å². The number of hydrogen-bond donors (Lipinski definition) is 4. The van der Waals surface area contributed by atoms with Crippen LogP contribution in [0.4, 0.5) is 0 Å². The number of amides is 2. The van der Waals surface area contributed by atoms with Crippen LogP contribution in [0.1, 0.15) is 208 Å². The summed E-state index contributed by atoms with van der Waals surface area (Å²) in [4.78, 5) is 30.7. The Labute approximate surface area is 448 Å². The van der Waals surface area contributed by atoms with E-state index < -0.39 is 31.7 Å². The number of hydrogen-bond acceptors (Lipinski definition) is 8. The standard InChI is InChI=1S/C60H102N2O10S2/c1-39-11-9-29-61(31-33-73(67,68)69)53(65)15-8-16-54(66)62(32-34-74(70,71)72)30-10-12-40(2)46-18-20-48-56-50(24-28-60(46,48)6)58(4)26-22-42(36-44(58)38-52(56)64)14-7-13-41-21-25-57(3)43(35-41)37-51(63)55-47-19-17-45(39)59(47,5)27-23-49(55)57/h39-52,55-56,63-64H,7-38H2,1-6H3,(H,67,68,69)(H,70,71,72)/t39-,40-,41-,42+,43?,44?,45+,46+,47+,48-,49+,50-,51+,52-,55+,56-,57+,58-,59-,60+/m0/s1. The van der Waals surface area contributed by atoms with Gasteiger partial charge in [-0.2, -0.15) is 16.8 Å². The van der Waals surface area contributed by atoms with Crippen LogP contribution in [0.15, 0.2) is 0 Å². The summed E-state index contributed by atoms with van der Waals surface area (Å²) in [5.41, 5.74) is 0.861. The highest BCUT2D eigenvalue weighted by Crippen LogP contribution is 2.71. The van der Waals surface area contributed by atoms with Gasteiger partial charge >= 0.3 is 0 Å². The van der Waals surface area contributed by atoms with Crippen molar-refractivity contribution < 1.29 is 45.7 Å². The van der Waals surface area contributed by atoms with Crippen molar-refractivity contribution in [1.29, 1.82) is 0 Å². The van der Waals surface area contributed by atoms with Crippen LogP contribution in [0.3, 0.4) is 0 Å². The van der Waals surface area contributed by atoms with E-state index >= 15 is 0 Å². The molecule has 2 amide bonds. The van der Waals surface area contributed by atoms with Gasteiger partial charge in [0.05, 0.1) is 23.7 Å². The summed E-state index contributed by atoms with van der Waals surface area (Å²) in [5.74, 6) is 5.66. The molecule has 4 N–H and O–H groups in total. The van der Waals surface area contributed by atoms with Crippen molar-refractivity contribution in [2.45, 2.75) is 221 Å². The monoisotopic (exact) mass is 1070 g/mol. The maximum Gasteiger partial charge on any atom is 0.266 e. The van der Waals surface area contributed by atoms with E-state index in [1.54, 1.807) is 0 Å². The highest BCUT2D eigenvalue weighted by atomic mass is 32.2. The van der Waals surface area contributed by atoms with Crippen molar-refractivity contribution in [3.63, 3.8) is 0 Å². The zero-order valence-electron chi connectivity index (χ0n) is 46.8. The molecular weight excluding hydrogens is 973 g/mol. The Morgan fingerprint density at radius 1 is 0.459 bits per heavy atom. The molecule has 13 bridgehead atoms. The van der Waals surface area contributed by atoms with Crippen molar-refractivity contribution in [1.82, 2.24) is 9.80 Å². The van der Waals surface area contributed by atoms with Crippen molar-refractivity contribution in [2.75, 3.05) is 37.7 Å². The molecule has 20 atom stereocenters. The zero-order chi connectivity index (χ0) is 53.2. The molecule has 0 aromatic rings. The highest BCUT2D eigenvalue weighted by molar-refractivity contribution is 7.86. The minimum atomic E-state index is -4.32. The third-order valence-corrected chi connectivity index (χ3v) is 26.6. The molecule has 5 saturated heterocycles. The minimum Gasteiger partial charge on any atom is -0.393 e. The van der Waals surface area contributed by atoms with Crippen LogP contribution in [0, 0.1) is 105 Å². The van der Waals surface area contributed by atoms with Crippen LogP contribution in [0.2, 0.25) is 0 Å². The number of aliphatic hydroxyl groups excluding tert-OH is 2. The smallest absolute Gasteiger partial charge is 0.266 e. The van der Waals surface area contributed by atoms with Gasteiger partial charge in [0.25, 0.3) is 20.2 Å². The van der Waals surface area contributed by atoms with Crippen LogP contribution < -0.4 is 0 Å². The van der Waals surface area contributed by atoms with Crippen LogP contribution in [0.5, 0.6) is 0 Å². The molecule has 0 spiro atoms. The van der Waals surface area contributed by atoms with Gasteiger partial charge in [-0.1, -0.05) is 60.8 Å². The Morgan fingerprint density at radius 3 is 1.22 bits per heavy atom. The molecule has 14 heteroatoms. The Bertz CT molecular complexity index is 2060. The van der Waals surface area contributed by atoms with Gasteiger partial charge in [-0.05, 0) is 239 Å². The lowest BCUT2D eigenvalue weighted by Crippen LogP contribution is -2.58. The van der Waals surface area contributed by atoms with Gasteiger partial charge in [-0.3, -0.25) is 18.7 Å². The third kappa shape index (κ3) is 11.5. The van der Waals surface area contributed by atoms with Gasteiger partial charge in [-0.25, -0.2) is 0 Å². The van der Waals surface area contributed by atoms with E-state index in [0.29, 0.717) is 96.9 Å². The van der Waals surface area contributed by atoms with Crippen LogP contribution >= 0.6 is 0 Å². The van der Waals surface area contributed by atoms with E-state index in [9.17, 15) is 45.7 Å². The van der Waals surface area contributed by atoms with Crippen molar-refractivity contribution in [3.8, 4) is 0 Å². The molecule has 8 aliphatic carbocycles. The molecule has 13 fully saturated rings. The second-order valence-corrected chi connectivity index (χ2v) is 31.8. The van der Waals surface area contributed by atoms with Crippen LogP contribution in [0.25, 0.3) is 0 Å². The van der Waals surface area contributed by atoms with Gasteiger partial charge < -0.3 is 20.0 Å². The molecule has 5 heterocycles. The van der Waals surface area contributed by atoms with Gasteiger partial charge in [-0.15, -0.1) is 0 Å². The number of nitrogens with zero attached hydrogens (tertiary/aromatic N) is 2. The average Bonchev–Trinajstić information content (AvgIpc) is 3.87. The van der Waals surface area contributed by atoms with E-state index in [4.69, 9.17) is 0 Å². The fraction of sp³-hybridized carbons (Fsp3) is 0.967. The summed E-state index contributed by atoms with van der Waals surface area (Å²) in [6.45, 7) is 15.4. The maximum absolute atomic E-state index is 13.8. The predicted octanol–water partition coefficient (Wildman–Crippen LogP) is 11.1. The largest absolute Gasteiger partial charge is 0.393 e. The van der Waals surface area contributed by atoms with Gasteiger partial charge in [0, 0.05) is 39.0 Å². The number of aliphatic hydroxyl groups is 2. The minimum absolute atomic E-state index is 0.0158. The van der Waals surface area contributed by atoms with E-state index in [1.165, 1.54) is 93.3 Å². The predicted molar refractivity (Wildman–Crippen MR) is 291 cm³/mol. The quantitative estimate of drug-likeness (QED) is 0.186. The lowest BCUT2D eigenvalue weighted by atomic mass is 9.43. The molecule has 2 unspecified atom stereocenters. The van der Waals surface area contributed by atoms with Crippen molar-refractivity contribution in [2.24, 2.45) is 105 Å². The van der Waals surface area contributed by atoms with Crippen molar-refractivity contribution >= 4 is 32.1 Å². The SMILES string of the molecule is C[C@H]1CCCN(CCS(=O)(=O)O)C(=O)CCCC(=O)N(CCS(=O)(=O)O)CCC[C@H](C)[C@H]2CC[C@H]3[C@@H]4[C@@H](O)CC5C[C@H](CCC[C@H]6CC[C@]7(C)C(C6)C[C@@H](O)[C@@H]6[C@H]8CC[C@H]1[C@]8(C)CC[C@H]67)CC[C@]5(C)[C@H]4CC[C@]23C. The summed E-state index contributed by atoms with van der Waals surface area (Å²) >= 11 is 0. The Morgan fingerprint density at radius 2 is 0.824 bits per heavy atom. The fourth-order valence-electron chi connectivity index (χ4n) is 21.3. The second kappa shape index (κ2) is 22.3. The summed E-state index contributed by atoms with van der Waals surface area (Å²) < 4.78 is 67.1. The molecule has 13 aliphatic rings. The lowest BCUT2D eigenvalue weighted by molar-refractivity contribution is -0.170. The zero-order valence-corrected chi connectivity index (χ0v) is 48.4. The van der Waals surface area contributed by atoms with Gasteiger partial charge in [0.2, 0.25) is 11.8 Å². The average molecular weight is 1080 g/mol. The van der Waals surface area contributed by atoms with E-state index in [1.807, 2.05) is 0 Å². The Hall–Kier alpha value is -1.32. The summed E-state index contributed by atoms with van der Waals surface area (Å²) in [7, 11) is -8.64. The van der Waals surface area contributed by atoms with E-state index in [2.05, 4.69) is 41.5 Å². The first kappa shape index (κ1) is 57.4. The fourth-order valence-corrected chi connectivity index (χ4v) is 22.2. The summed E-state index contributed by atoms with van der Waals surface area (Å²) in [6, 6.07) is 0. The molecular formula is C60H102N2O10S2. The number of carbonyl (C=O) groups is 2. The Balaban J connectivity index is 0.913. The van der Waals surface area contributed by atoms with Gasteiger partial charge in [0.15, 0.2) is 0 Å².